The Balaban J connectivity index is 2.38. The van der Waals surface area contributed by atoms with Crippen LogP contribution in [0.4, 0.5) is 4.39 Å². The Morgan fingerprint density at radius 2 is 2.17 bits per heavy atom. The third-order valence-electron chi connectivity index (χ3n) is 2.62. The molecule has 4 nitrogen and oxygen atoms in total. The summed E-state index contributed by atoms with van der Waals surface area (Å²) in [7, 11) is 0. The summed E-state index contributed by atoms with van der Waals surface area (Å²) in [4.78, 5) is 21.8. The molecule has 1 rings (SSSR count). The van der Waals surface area contributed by atoms with Gasteiger partial charge in [-0.25, -0.2) is 4.39 Å². The van der Waals surface area contributed by atoms with Crippen LogP contribution in [-0.4, -0.2) is 23.5 Å². The van der Waals surface area contributed by atoms with Crippen molar-refractivity contribution in [2.24, 2.45) is 5.92 Å². The van der Waals surface area contributed by atoms with E-state index in [0.717, 1.165) is 5.56 Å². The molecule has 1 aromatic carbocycles. The van der Waals surface area contributed by atoms with Gasteiger partial charge in [-0.15, -0.1) is 0 Å². The molecule has 0 radical (unpaired) electrons. The monoisotopic (exact) mass is 253 g/mol. The number of carboxylic acids is 1. The van der Waals surface area contributed by atoms with Gasteiger partial charge in [-0.1, -0.05) is 19.1 Å². The van der Waals surface area contributed by atoms with Gasteiger partial charge in [-0.2, -0.15) is 0 Å². The van der Waals surface area contributed by atoms with Crippen molar-refractivity contribution in [2.45, 2.75) is 19.8 Å². The Bertz CT molecular complexity index is 434. The molecule has 0 bridgehead atoms. The first-order chi connectivity index (χ1) is 8.49. The van der Waals surface area contributed by atoms with Gasteiger partial charge in [0.15, 0.2) is 0 Å². The average molecular weight is 253 g/mol. The van der Waals surface area contributed by atoms with E-state index in [2.05, 4.69) is 5.32 Å². The number of carbonyl (C=O) groups is 2. The third kappa shape index (κ3) is 4.95. The van der Waals surface area contributed by atoms with Crippen LogP contribution in [0.2, 0.25) is 0 Å². The SMILES string of the molecule is C[C@H](CCc1cccc(F)c1)C(=O)NCC(=O)O. The lowest BCUT2D eigenvalue weighted by Crippen LogP contribution is -2.33. The smallest absolute Gasteiger partial charge is 0.322 e. The fourth-order valence-electron chi connectivity index (χ4n) is 1.54. The maximum absolute atomic E-state index is 12.9. The van der Waals surface area contributed by atoms with E-state index in [-0.39, 0.29) is 24.2 Å². The van der Waals surface area contributed by atoms with Crippen molar-refractivity contribution in [3.63, 3.8) is 0 Å². The summed E-state index contributed by atoms with van der Waals surface area (Å²) in [6.45, 7) is 1.35. The molecule has 0 unspecified atom stereocenters. The highest BCUT2D eigenvalue weighted by Gasteiger charge is 2.13. The van der Waals surface area contributed by atoms with Crippen LogP contribution >= 0.6 is 0 Å². The summed E-state index contributed by atoms with van der Waals surface area (Å²) < 4.78 is 12.9. The minimum absolute atomic E-state index is 0.296. The van der Waals surface area contributed by atoms with Gasteiger partial charge in [0.2, 0.25) is 5.91 Å². The number of halogens is 1. The molecule has 1 amide bonds. The van der Waals surface area contributed by atoms with E-state index >= 15 is 0 Å². The fraction of sp³-hybridized carbons (Fsp3) is 0.385. The van der Waals surface area contributed by atoms with Gasteiger partial charge in [0.1, 0.15) is 12.4 Å². The second-order valence-corrected chi connectivity index (χ2v) is 4.18. The molecule has 2 N–H and O–H groups in total. The quantitative estimate of drug-likeness (QED) is 0.809. The molecule has 0 spiro atoms. The van der Waals surface area contributed by atoms with Gasteiger partial charge in [0, 0.05) is 5.92 Å². The van der Waals surface area contributed by atoms with E-state index in [0.29, 0.717) is 12.8 Å². The van der Waals surface area contributed by atoms with Gasteiger partial charge in [-0.05, 0) is 30.5 Å². The van der Waals surface area contributed by atoms with Crippen molar-refractivity contribution < 1.29 is 19.1 Å². The van der Waals surface area contributed by atoms with Crippen LogP contribution < -0.4 is 5.32 Å². The Morgan fingerprint density at radius 3 is 2.78 bits per heavy atom. The second-order valence-electron chi connectivity index (χ2n) is 4.18. The summed E-state index contributed by atoms with van der Waals surface area (Å²) in [5.41, 5.74) is 0.827. The van der Waals surface area contributed by atoms with Crippen LogP contribution in [-0.2, 0) is 16.0 Å². The van der Waals surface area contributed by atoms with E-state index in [4.69, 9.17) is 5.11 Å². The van der Waals surface area contributed by atoms with Gasteiger partial charge in [-0.3, -0.25) is 9.59 Å². The van der Waals surface area contributed by atoms with E-state index in [1.165, 1.54) is 12.1 Å². The van der Waals surface area contributed by atoms with E-state index in [1.54, 1.807) is 19.1 Å². The number of hydrogen-bond donors (Lipinski definition) is 2. The first kappa shape index (κ1) is 14.2. The summed E-state index contributed by atoms with van der Waals surface area (Å²) in [5, 5.41) is 10.7. The number of amides is 1. The van der Waals surface area contributed by atoms with E-state index < -0.39 is 5.97 Å². The maximum atomic E-state index is 12.9. The molecule has 0 saturated carbocycles. The molecule has 0 aliphatic heterocycles. The Hall–Kier alpha value is -1.91. The number of carboxylic acid groups (broad SMARTS) is 1. The fourth-order valence-corrected chi connectivity index (χ4v) is 1.54. The van der Waals surface area contributed by atoms with Crippen LogP contribution in [0, 0.1) is 11.7 Å². The molecule has 98 valence electrons. The number of aliphatic carboxylic acids is 1. The molecule has 5 heteroatoms. The molecule has 1 atom stereocenters. The van der Waals surface area contributed by atoms with E-state index in [9.17, 15) is 14.0 Å². The Labute approximate surface area is 105 Å². The number of benzene rings is 1. The predicted molar refractivity (Wildman–Crippen MR) is 64.5 cm³/mol. The normalized spacial score (nSPS) is 11.9. The largest absolute Gasteiger partial charge is 0.480 e. The summed E-state index contributed by atoms with van der Waals surface area (Å²) in [6, 6.07) is 6.22. The van der Waals surface area contributed by atoms with Gasteiger partial charge in [0.05, 0.1) is 0 Å². The molecular weight excluding hydrogens is 237 g/mol. The summed E-state index contributed by atoms with van der Waals surface area (Å²) in [5.74, 6) is -1.96. The Morgan fingerprint density at radius 1 is 1.44 bits per heavy atom. The molecule has 0 aliphatic rings. The van der Waals surface area contributed by atoms with Crippen molar-refractivity contribution in [3.8, 4) is 0 Å². The van der Waals surface area contributed by atoms with Crippen molar-refractivity contribution in [2.75, 3.05) is 6.54 Å². The lowest BCUT2D eigenvalue weighted by molar-refractivity contribution is -0.138. The Kier molecular flexibility index (Phi) is 5.30. The van der Waals surface area contributed by atoms with E-state index in [1.807, 2.05) is 0 Å². The highest BCUT2D eigenvalue weighted by Crippen LogP contribution is 2.11. The van der Waals surface area contributed by atoms with Crippen LogP contribution in [0.1, 0.15) is 18.9 Å². The van der Waals surface area contributed by atoms with Crippen molar-refractivity contribution in [1.82, 2.24) is 5.32 Å². The molecule has 1 aromatic rings. The molecule has 0 heterocycles. The molecule has 18 heavy (non-hydrogen) atoms. The molecule has 0 saturated heterocycles. The van der Waals surface area contributed by atoms with Crippen LogP contribution in [0.3, 0.4) is 0 Å². The van der Waals surface area contributed by atoms with Crippen molar-refractivity contribution in [3.05, 3.63) is 35.6 Å². The van der Waals surface area contributed by atoms with Crippen molar-refractivity contribution >= 4 is 11.9 Å². The van der Waals surface area contributed by atoms with Crippen LogP contribution in [0.25, 0.3) is 0 Å². The first-order valence-corrected chi connectivity index (χ1v) is 5.73. The van der Waals surface area contributed by atoms with Crippen LogP contribution in [0.5, 0.6) is 0 Å². The van der Waals surface area contributed by atoms with Crippen molar-refractivity contribution in [1.29, 1.82) is 0 Å². The minimum Gasteiger partial charge on any atom is -0.480 e. The highest BCUT2D eigenvalue weighted by atomic mass is 19.1. The summed E-state index contributed by atoms with van der Waals surface area (Å²) >= 11 is 0. The topological polar surface area (TPSA) is 66.4 Å². The lowest BCUT2D eigenvalue weighted by Gasteiger charge is -2.10. The summed E-state index contributed by atoms with van der Waals surface area (Å²) in [6.07, 6.45) is 1.13. The molecule has 0 aromatic heterocycles. The zero-order chi connectivity index (χ0) is 13.5. The maximum Gasteiger partial charge on any atom is 0.322 e. The number of carbonyl (C=O) groups excluding carboxylic acids is 1. The number of nitrogens with one attached hydrogen (secondary N) is 1. The number of rotatable bonds is 6. The average Bonchev–Trinajstić information content (AvgIpc) is 2.33. The highest BCUT2D eigenvalue weighted by molar-refractivity contribution is 5.82. The minimum atomic E-state index is -1.07. The molecule has 0 fully saturated rings. The van der Waals surface area contributed by atoms with Gasteiger partial charge < -0.3 is 10.4 Å². The standard InChI is InChI=1S/C13H16FNO3/c1-9(13(18)15-8-12(16)17)5-6-10-3-2-4-11(14)7-10/h2-4,7,9H,5-6,8H2,1H3,(H,15,18)(H,16,17)/t9-/m1/s1. The predicted octanol–water partition coefficient (Wildman–Crippen LogP) is 1.60. The molecule has 0 aliphatic carbocycles. The number of aryl methyl sites for hydroxylation is 1. The van der Waals surface area contributed by atoms with Crippen LogP contribution in [0.15, 0.2) is 24.3 Å². The third-order valence-corrected chi connectivity index (χ3v) is 2.62. The zero-order valence-corrected chi connectivity index (χ0v) is 10.1. The first-order valence-electron chi connectivity index (χ1n) is 5.73. The molecular formula is C13H16FNO3. The van der Waals surface area contributed by atoms with Gasteiger partial charge in [0.25, 0.3) is 0 Å². The zero-order valence-electron chi connectivity index (χ0n) is 10.1. The van der Waals surface area contributed by atoms with Gasteiger partial charge >= 0.3 is 5.97 Å². The lowest BCUT2D eigenvalue weighted by atomic mass is 10.0. The second kappa shape index (κ2) is 6.74. The number of hydrogen-bond acceptors (Lipinski definition) is 2.